The Morgan fingerprint density at radius 2 is 2.45 bits per heavy atom. The molecule has 1 aromatic rings. The second-order valence-corrected chi connectivity index (χ2v) is 2.25. The highest BCUT2D eigenvalue weighted by Gasteiger charge is 2.14. The molecular formula is C5H7N3O2S. The lowest BCUT2D eigenvalue weighted by molar-refractivity contribution is 0.0522. The third-order valence-electron chi connectivity index (χ3n) is 0.983. The van der Waals surface area contributed by atoms with Crippen molar-refractivity contribution in [2.45, 2.75) is 6.92 Å². The lowest BCUT2D eigenvalue weighted by Crippen LogP contribution is -2.07. The number of esters is 1. The van der Waals surface area contributed by atoms with Crippen LogP contribution in [0.5, 0.6) is 0 Å². The fourth-order valence-corrected chi connectivity index (χ4v) is 1.00. The van der Waals surface area contributed by atoms with E-state index in [2.05, 4.69) is 13.5 Å². The van der Waals surface area contributed by atoms with E-state index in [1.165, 1.54) is 0 Å². The second kappa shape index (κ2) is 3.29. The number of nitrogens with zero attached hydrogens (tertiary/aromatic N) is 2. The molecule has 0 atom stereocenters. The van der Waals surface area contributed by atoms with E-state index in [0.717, 1.165) is 11.7 Å². The fourth-order valence-electron chi connectivity index (χ4n) is 0.537. The molecule has 0 amide bonds. The van der Waals surface area contributed by atoms with Gasteiger partial charge in [0.05, 0.1) is 18.3 Å². The Morgan fingerprint density at radius 3 is 2.91 bits per heavy atom. The normalized spacial score (nSPS) is 9.55. The van der Waals surface area contributed by atoms with E-state index in [4.69, 9.17) is 5.73 Å². The highest BCUT2D eigenvalue weighted by atomic mass is 32.1. The largest absolute Gasteiger partial charge is 0.461 e. The monoisotopic (exact) mass is 173 g/mol. The molecule has 0 unspecified atom stereocenters. The van der Waals surface area contributed by atoms with Gasteiger partial charge in [-0.2, -0.15) is 8.75 Å². The van der Waals surface area contributed by atoms with Gasteiger partial charge < -0.3 is 10.5 Å². The van der Waals surface area contributed by atoms with Crippen LogP contribution < -0.4 is 5.73 Å². The lowest BCUT2D eigenvalue weighted by Gasteiger charge is -1.96. The second-order valence-electron chi connectivity index (χ2n) is 1.72. The molecule has 5 nitrogen and oxygen atoms in total. The Morgan fingerprint density at radius 1 is 1.73 bits per heavy atom. The van der Waals surface area contributed by atoms with Crippen molar-refractivity contribution < 1.29 is 9.53 Å². The third-order valence-corrected chi connectivity index (χ3v) is 1.53. The van der Waals surface area contributed by atoms with Crippen molar-refractivity contribution in [3.05, 3.63) is 5.69 Å². The van der Waals surface area contributed by atoms with Crippen molar-refractivity contribution in [1.29, 1.82) is 0 Å². The molecule has 0 saturated heterocycles. The zero-order valence-corrected chi connectivity index (χ0v) is 6.72. The Bertz CT molecular complexity index is 260. The number of carbonyl (C=O) groups is 1. The topological polar surface area (TPSA) is 78.1 Å². The van der Waals surface area contributed by atoms with Gasteiger partial charge in [0.1, 0.15) is 0 Å². The first kappa shape index (κ1) is 7.93. The lowest BCUT2D eigenvalue weighted by atomic mass is 10.4. The summed E-state index contributed by atoms with van der Waals surface area (Å²) in [6, 6.07) is 0. The highest BCUT2D eigenvalue weighted by Crippen LogP contribution is 2.08. The van der Waals surface area contributed by atoms with Gasteiger partial charge in [0.15, 0.2) is 5.82 Å². The first-order chi connectivity index (χ1) is 5.25. The number of ether oxygens (including phenoxy) is 1. The molecule has 1 aromatic heterocycles. The van der Waals surface area contributed by atoms with E-state index in [-0.39, 0.29) is 11.5 Å². The minimum Gasteiger partial charge on any atom is -0.461 e. The molecule has 0 aliphatic rings. The molecule has 0 bridgehead atoms. The predicted octanol–water partition coefficient (Wildman–Crippen LogP) is 0.297. The first-order valence-electron chi connectivity index (χ1n) is 3.01. The van der Waals surface area contributed by atoms with Crippen molar-refractivity contribution in [2.75, 3.05) is 12.3 Å². The van der Waals surface area contributed by atoms with Crippen LogP contribution >= 0.6 is 11.7 Å². The van der Waals surface area contributed by atoms with Gasteiger partial charge in [0.2, 0.25) is 5.69 Å². The molecule has 2 N–H and O–H groups in total. The standard InChI is InChI=1S/C5H7N3O2S/c1-2-10-5(9)3-4(6)8-11-7-3/h2H2,1H3,(H2,6,8). The van der Waals surface area contributed by atoms with E-state index in [9.17, 15) is 4.79 Å². The van der Waals surface area contributed by atoms with E-state index in [1.807, 2.05) is 0 Å². The zero-order chi connectivity index (χ0) is 8.27. The maximum absolute atomic E-state index is 10.9. The molecule has 11 heavy (non-hydrogen) atoms. The Balaban J connectivity index is 2.76. The van der Waals surface area contributed by atoms with Gasteiger partial charge in [-0.15, -0.1) is 0 Å². The molecule has 6 heteroatoms. The van der Waals surface area contributed by atoms with Crippen LogP contribution in [0.15, 0.2) is 0 Å². The molecule has 0 saturated carbocycles. The average Bonchev–Trinajstić information content (AvgIpc) is 2.36. The van der Waals surface area contributed by atoms with Crippen molar-refractivity contribution in [3.8, 4) is 0 Å². The van der Waals surface area contributed by atoms with Crippen molar-refractivity contribution in [2.24, 2.45) is 0 Å². The summed E-state index contributed by atoms with van der Waals surface area (Å²) < 4.78 is 11.9. The SMILES string of the molecule is CCOC(=O)c1nsnc1N. The van der Waals surface area contributed by atoms with Gasteiger partial charge in [0, 0.05) is 0 Å². The maximum Gasteiger partial charge on any atom is 0.361 e. The molecule has 1 rings (SSSR count). The minimum absolute atomic E-state index is 0.108. The number of anilines is 1. The highest BCUT2D eigenvalue weighted by molar-refractivity contribution is 6.99. The Labute approximate surface area is 67.5 Å². The number of aromatic nitrogens is 2. The molecule has 0 spiro atoms. The number of carbonyl (C=O) groups excluding carboxylic acids is 1. The van der Waals surface area contributed by atoms with Crippen LogP contribution in [-0.4, -0.2) is 21.3 Å². The first-order valence-corrected chi connectivity index (χ1v) is 3.74. The summed E-state index contributed by atoms with van der Waals surface area (Å²) in [4.78, 5) is 10.9. The van der Waals surface area contributed by atoms with Crippen LogP contribution in [0, 0.1) is 0 Å². The molecular weight excluding hydrogens is 166 g/mol. The summed E-state index contributed by atoms with van der Waals surface area (Å²) >= 11 is 0.895. The van der Waals surface area contributed by atoms with E-state index < -0.39 is 5.97 Å². The molecule has 0 radical (unpaired) electrons. The molecule has 0 aliphatic carbocycles. The minimum atomic E-state index is -0.515. The average molecular weight is 173 g/mol. The number of hydrogen-bond donors (Lipinski definition) is 1. The molecule has 60 valence electrons. The molecule has 1 heterocycles. The van der Waals surface area contributed by atoms with Crippen LogP contribution in [0.3, 0.4) is 0 Å². The van der Waals surface area contributed by atoms with Crippen molar-refractivity contribution >= 4 is 23.5 Å². The van der Waals surface area contributed by atoms with Crippen LogP contribution in [0.1, 0.15) is 17.4 Å². The third kappa shape index (κ3) is 1.64. The Kier molecular flexibility index (Phi) is 2.37. The number of nitrogens with two attached hydrogens (primary N) is 1. The molecule has 0 aromatic carbocycles. The summed E-state index contributed by atoms with van der Waals surface area (Å²) in [5, 5.41) is 0. The molecule has 0 aliphatic heterocycles. The van der Waals surface area contributed by atoms with Crippen molar-refractivity contribution in [3.63, 3.8) is 0 Å². The summed E-state index contributed by atoms with van der Waals surface area (Å²) in [7, 11) is 0. The van der Waals surface area contributed by atoms with Crippen LogP contribution in [0.25, 0.3) is 0 Å². The number of rotatable bonds is 2. The predicted molar refractivity (Wildman–Crippen MR) is 40.3 cm³/mol. The van der Waals surface area contributed by atoms with Crippen molar-refractivity contribution in [1.82, 2.24) is 8.75 Å². The van der Waals surface area contributed by atoms with Gasteiger partial charge in [-0.05, 0) is 6.92 Å². The maximum atomic E-state index is 10.9. The van der Waals surface area contributed by atoms with Crippen LogP contribution in [0.4, 0.5) is 5.82 Å². The summed E-state index contributed by atoms with van der Waals surface area (Å²) in [5.41, 5.74) is 5.42. The quantitative estimate of drug-likeness (QED) is 0.650. The molecule has 0 fully saturated rings. The number of nitrogen functional groups attached to an aromatic ring is 1. The summed E-state index contributed by atoms with van der Waals surface area (Å²) in [5.74, 6) is -0.382. The summed E-state index contributed by atoms with van der Waals surface area (Å²) in [6.07, 6.45) is 0. The summed E-state index contributed by atoms with van der Waals surface area (Å²) in [6.45, 7) is 2.03. The van der Waals surface area contributed by atoms with Gasteiger partial charge in [-0.1, -0.05) is 0 Å². The fraction of sp³-hybridized carbons (Fsp3) is 0.400. The van der Waals surface area contributed by atoms with Gasteiger partial charge in [-0.25, -0.2) is 4.79 Å². The smallest absolute Gasteiger partial charge is 0.361 e. The zero-order valence-electron chi connectivity index (χ0n) is 5.90. The Hall–Kier alpha value is -1.17. The van der Waals surface area contributed by atoms with Gasteiger partial charge >= 0.3 is 5.97 Å². The van der Waals surface area contributed by atoms with Gasteiger partial charge in [-0.3, -0.25) is 0 Å². The van der Waals surface area contributed by atoms with Crippen LogP contribution in [-0.2, 0) is 4.74 Å². The van der Waals surface area contributed by atoms with Gasteiger partial charge in [0.25, 0.3) is 0 Å². The van der Waals surface area contributed by atoms with Crippen LogP contribution in [0.2, 0.25) is 0 Å². The van der Waals surface area contributed by atoms with E-state index in [1.54, 1.807) is 6.92 Å². The number of hydrogen-bond acceptors (Lipinski definition) is 6. The van der Waals surface area contributed by atoms with E-state index >= 15 is 0 Å². The van der Waals surface area contributed by atoms with E-state index in [0.29, 0.717) is 6.61 Å².